The molecule has 2 heterocycles. The van der Waals surface area contributed by atoms with Crippen LogP contribution in [-0.4, -0.2) is 46.4 Å². The Balaban J connectivity index is 1.72. The quantitative estimate of drug-likeness (QED) is 0.839. The molecule has 4 heteroatoms. The van der Waals surface area contributed by atoms with Gasteiger partial charge in [-0.2, -0.15) is 0 Å². The van der Waals surface area contributed by atoms with Gasteiger partial charge in [0.1, 0.15) is 5.82 Å². The largest absolute Gasteiger partial charge is 0.334 e. The maximum Gasteiger partial charge on any atom is 0.227 e. The van der Waals surface area contributed by atoms with Crippen LogP contribution in [0.5, 0.6) is 0 Å². The highest BCUT2D eigenvalue weighted by molar-refractivity contribution is 5.80. The highest BCUT2D eigenvalue weighted by Crippen LogP contribution is 2.33. The van der Waals surface area contributed by atoms with Crippen molar-refractivity contribution in [2.45, 2.75) is 57.7 Å². The highest BCUT2D eigenvalue weighted by atomic mass is 19.1. The van der Waals surface area contributed by atoms with Crippen LogP contribution < -0.4 is 0 Å². The molecule has 0 spiro atoms. The Morgan fingerprint density at radius 2 is 1.77 bits per heavy atom. The number of hydrogen-bond acceptors (Lipinski definition) is 2. The fraction of sp³-hybridized carbons (Fsp3) is 0.611. The van der Waals surface area contributed by atoms with Gasteiger partial charge in [-0.3, -0.25) is 9.69 Å². The van der Waals surface area contributed by atoms with Crippen LogP contribution in [0.4, 0.5) is 4.39 Å². The second-order valence-corrected chi connectivity index (χ2v) is 7.53. The van der Waals surface area contributed by atoms with Gasteiger partial charge in [-0.25, -0.2) is 4.39 Å². The molecule has 2 fully saturated rings. The highest BCUT2D eigenvalue weighted by Gasteiger charge is 2.44. The lowest BCUT2D eigenvalue weighted by Gasteiger charge is -2.46. The summed E-state index contributed by atoms with van der Waals surface area (Å²) < 4.78 is 13.8. The van der Waals surface area contributed by atoms with E-state index in [2.05, 4.69) is 25.7 Å². The molecule has 2 aliphatic rings. The van der Waals surface area contributed by atoms with E-state index in [1.165, 1.54) is 6.07 Å². The molecule has 2 bridgehead atoms. The molecular formula is C18H25FN2O. The molecule has 3 rings (SSSR count). The number of likely N-dealkylation sites (tertiary alicyclic amines) is 1. The van der Waals surface area contributed by atoms with E-state index >= 15 is 0 Å². The van der Waals surface area contributed by atoms with Gasteiger partial charge in [0.25, 0.3) is 0 Å². The Morgan fingerprint density at radius 3 is 2.32 bits per heavy atom. The summed E-state index contributed by atoms with van der Waals surface area (Å²) >= 11 is 0. The van der Waals surface area contributed by atoms with Crippen LogP contribution in [-0.2, 0) is 11.2 Å². The van der Waals surface area contributed by atoms with Crippen molar-refractivity contribution in [3.8, 4) is 0 Å². The molecule has 22 heavy (non-hydrogen) atoms. The summed E-state index contributed by atoms with van der Waals surface area (Å²) in [5.41, 5.74) is 0.645. The predicted octanol–water partition coefficient (Wildman–Crippen LogP) is 2.84. The summed E-state index contributed by atoms with van der Waals surface area (Å²) in [5, 5.41) is 0. The third kappa shape index (κ3) is 2.89. The Kier molecular flexibility index (Phi) is 3.98. The normalized spacial score (nSPS) is 25.5. The molecule has 0 radical (unpaired) electrons. The number of nitrogens with zero attached hydrogens (tertiary/aromatic N) is 2. The molecule has 0 N–H and O–H groups in total. The van der Waals surface area contributed by atoms with Crippen LogP contribution in [0, 0.1) is 5.82 Å². The number of carbonyl (C=O) groups excluding carboxylic acids is 1. The van der Waals surface area contributed by atoms with Crippen LogP contribution >= 0.6 is 0 Å². The number of halogens is 1. The Hall–Kier alpha value is -1.42. The first-order valence-electron chi connectivity index (χ1n) is 8.16. The minimum absolute atomic E-state index is 0.0751. The number of benzene rings is 1. The van der Waals surface area contributed by atoms with Gasteiger partial charge in [0.15, 0.2) is 0 Å². The second-order valence-electron chi connectivity index (χ2n) is 7.53. The molecule has 0 aromatic heterocycles. The van der Waals surface area contributed by atoms with Crippen LogP contribution in [0.2, 0.25) is 0 Å². The third-order valence-corrected chi connectivity index (χ3v) is 5.02. The van der Waals surface area contributed by atoms with Gasteiger partial charge in [-0.05, 0) is 45.2 Å². The van der Waals surface area contributed by atoms with Gasteiger partial charge in [-0.15, -0.1) is 0 Å². The number of amides is 1. The topological polar surface area (TPSA) is 23.6 Å². The zero-order chi connectivity index (χ0) is 15.9. The standard InChI is InChI=1S/C18H25FN2O/c1-18(2,3)20-11-14-8-9-15(12-20)21(14)17(22)10-13-6-4-5-7-16(13)19/h4-7,14-15H,8-12H2,1-3H3. The lowest BCUT2D eigenvalue weighted by Crippen LogP contribution is -2.60. The second kappa shape index (κ2) is 5.65. The Labute approximate surface area is 132 Å². The lowest BCUT2D eigenvalue weighted by atomic mass is 10.0. The molecule has 0 saturated carbocycles. The predicted molar refractivity (Wildman–Crippen MR) is 85.1 cm³/mol. The first-order valence-corrected chi connectivity index (χ1v) is 8.16. The van der Waals surface area contributed by atoms with Crippen molar-refractivity contribution in [3.05, 3.63) is 35.6 Å². The maximum atomic E-state index is 13.8. The summed E-state index contributed by atoms with van der Waals surface area (Å²) in [4.78, 5) is 17.2. The Bertz CT molecular complexity index is 552. The number of hydrogen-bond donors (Lipinski definition) is 0. The van der Waals surface area contributed by atoms with Crippen LogP contribution in [0.25, 0.3) is 0 Å². The molecular weight excluding hydrogens is 279 g/mol. The van der Waals surface area contributed by atoms with Crippen LogP contribution in [0.3, 0.4) is 0 Å². The zero-order valence-electron chi connectivity index (χ0n) is 13.7. The average molecular weight is 304 g/mol. The fourth-order valence-electron chi connectivity index (χ4n) is 3.75. The van der Waals surface area contributed by atoms with Crippen molar-refractivity contribution in [2.75, 3.05) is 13.1 Å². The lowest BCUT2D eigenvalue weighted by molar-refractivity contribution is -0.137. The molecule has 1 amide bonds. The van der Waals surface area contributed by atoms with Crippen molar-refractivity contribution >= 4 is 5.91 Å². The first-order chi connectivity index (χ1) is 10.4. The fourth-order valence-corrected chi connectivity index (χ4v) is 3.75. The molecule has 2 saturated heterocycles. The third-order valence-electron chi connectivity index (χ3n) is 5.02. The van der Waals surface area contributed by atoms with Gasteiger partial charge >= 0.3 is 0 Å². The molecule has 120 valence electrons. The number of piperazine rings is 1. The molecule has 0 aliphatic carbocycles. The van der Waals surface area contributed by atoms with E-state index in [0.29, 0.717) is 5.56 Å². The smallest absolute Gasteiger partial charge is 0.227 e. The van der Waals surface area contributed by atoms with Gasteiger partial charge in [0, 0.05) is 30.7 Å². The summed E-state index contributed by atoms with van der Waals surface area (Å²) in [6, 6.07) is 7.16. The maximum absolute atomic E-state index is 13.8. The van der Waals surface area contributed by atoms with E-state index < -0.39 is 0 Å². The number of fused-ring (bicyclic) bond motifs is 2. The number of rotatable bonds is 2. The minimum Gasteiger partial charge on any atom is -0.334 e. The van der Waals surface area contributed by atoms with Crippen LogP contribution in [0.15, 0.2) is 24.3 Å². The summed E-state index contributed by atoms with van der Waals surface area (Å²) in [6.45, 7) is 8.54. The van der Waals surface area contributed by atoms with E-state index in [9.17, 15) is 9.18 Å². The minimum atomic E-state index is -0.281. The average Bonchev–Trinajstić information content (AvgIpc) is 2.70. The number of carbonyl (C=O) groups is 1. The summed E-state index contributed by atoms with van der Waals surface area (Å²) in [7, 11) is 0. The van der Waals surface area contributed by atoms with Crippen molar-refractivity contribution in [3.63, 3.8) is 0 Å². The molecule has 2 unspecified atom stereocenters. The van der Waals surface area contributed by atoms with Crippen molar-refractivity contribution < 1.29 is 9.18 Å². The first kappa shape index (κ1) is 15.5. The van der Waals surface area contributed by atoms with Gasteiger partial charge in [0.2, 0.25) is 5.91 Å². The van der Waals surface area contributed by atoms with E-state index in [-0.39, 0.29) is 35.8 Å². The zero-order valence-corrected chi connectivity index (χ0v) is 13.7. The SMILES string of the molecule is CC(C)(C)N1CC2CCC(C1)N2C(=O)Cc1ccccc1F. The summed E-state index contributed by atoms with van der Waals surface area (Å²) in [6.07, 6.45) is 2.32. The van der Waals surface area contributed by atoms with Crippen LogP contribution in [0.1, 0.15) is 39.2 Å². The van der Waals surface area contributed by atoms with Crippen molar-refractivity contribution in [1.29, 1.82) is 0 Å². The van der Waals surface area contributed by atoms with Gasteiger partial charge in [-0.1, -0.05) is 18.2 Å². The van der Waals surface area contributed by atoms with E-state index in [4.69, 9.17) is 0 Å². The molecule has 2 aliphatic heterocycles. The summed E-state index contributed by atoms with van der Waals surface area (Å²) in [5.74, 6) is -0.206. The van der Waals surface area contributed by atoms with E-state index in [1.807, 2.05) is 4.90 Å². The monoisotopic (exact) mass is 304 g/mol. The van der Waals surface area contributed by atoms with Crippen molar-refractivity contribution in [2.24, 2.45) is 0 Å². The van der Waals surface area contributed by atoms with E-state index in [0.717, 1.165) is 25.9 Å². The van der Waals surface area contributed by atoms with Gasteiger partial charge in [0.05, 0.1) is 6.42 Å². The van der Waals surface area contributed by atoms with Crippen molar-refractivity contribution in [1.82, 2.24) is 9.80 Å². The molecule has 1 aromatic carbocycles. The molecule has 2 atom stereocenters. The van der Waals surface area contributed by atoms with Gasteiger partial charge < -0.3 is 4.90 Å². The Morgan fingerprint density at radius 1 is 1.18 bits per heavy atom. The molecule has 3 nitrogen and oxygen atoms in total. The molecule has 1 aromatic rings. The van der Waals surface area contributed by atoms with E-state index in [1.54, 1.807) is 18.2 Å².